The Kier molecular flexibility index (Phi) is 7.81. The maximum atomic E-state index is 13.2. The van der Waals surface area contributed by atoms with E-state index < -0.39 is 35.7 Å². The minimum absolute atomic E-state index is 0.105. The number of amidine groups is 1. The smallest absolute Gasteiger partial charge is 0.303 e. The third-order valence-electron chi connectivity index (χ3n) is 4.43. The van der Waals surface area contributed by atoms with Crippen molar-refractivity contribution < 1.29 is 29.0 Å². The fourth-order valence-electron chi connectivity index (χ4n) is 2.77. The highest BCUT2D eigenvalue weighted by molar-refractivity contribution is 5.96. The van der Waals surface area contributed by atoms with E-state index >= 15 is 0 Å². The van der Waals surface area contributed by atoms with Crippen LogP contribution in [-0.2, 0) is 20.1 Å². The van der Waals surface area contributed by atoms with Crippen LogP contribution in [0.15, 0.2) is 48.5 Å². The summed E-state index contributed by atoms with van der Waals surface area (Å²) in [6.07, 6.45) is -1.24. The second-order valence-corrected chi connectivity index (χ2v) is 6.85. The van der Waals surface area contributed by atoms with Crippen molar-refractivity contribution in [2.75, 3.05) is 5.32 Å². The van der Waals surface area contributed by atoms with Gasteiger partial charge in [-0.2, -0.15) is 0 Å². The van der Waals surface area contributed by atoms with Gasteiger partial charge < -0.3 is 26.6 Å². The number of aliphatic carboxylic acids is 1. The first-order chi connectivity index (χ1) is 14.6. The number of carbonyl (C=O) groups excluding carboxylic acids is 2. The molecule has 2 aromatic carbocycles. The number of hydrogen-bond acceptors (Lipinski definition) is 5. The zero-order chi connectivity index (χ0) is 23.0. The lowest BCUT2D eigenvalue weighted by atomic mass is 9.97. The highest BCUT2D eigenvalue weighted by Gasteiger charge is 2.32. The van der Waals surface area contributed by atoms with Gasteiger partial charge in [-0.25, -0.2) is 4.39 Å². The number of halogens is 1. The van der Waals surface area contributed by atoms with Crippen molar-refractivity contribution in [3.05, 3.63) is 65.5 Å². The second kappa shape index (κ2) is 10.3. The molecule has 0 spiro atoms. The fraction of sp³-hybridized carbons (Fsp3) is 0.238. The number of aliphatic hydroxyl groups is 1. The van der Waals surface area contributed by atoms with Crippen LogP contribution in [0.3, 0.4) is 0 Å². The molecule has 0 heterocycles. The topological polar surface area (TPSA) is 166 Å². The Morgan fingerprint density at radius 3 is 2.10 bits per heavy atom. The monoisotopic (exact) mass is 430 g/mol. The number of carboxylic acids is 1. The van der Waals surface area contributed by atoms with Crippen LogP contribution in [0.1, 0.15) is 36.8 Å². The Balaban J connectivity index is 1.96. The molecule has 9 nitrogen and oxygen atoms in total. The molecule has 2 amide bonds. The molecule has 31 heavy (non-hydrogen) atoms. The van der Waals surface area contributed by atoms with Gasteiger partial charge in [-0.3, -0.25) is 19.8 Å². The lowest BCUT2D eigenvalue weighted by molar-refractivity contribution is -0.141. The normalized spacial score (nSPS) is 12.5. The van der Waals surface area contributed by atoms with Crippen molar-refractivity contribution >= 4 is 29.3 Å². The Morgan fingerprint density at radius 1 is 0.968 bits per heavy atom. The lowest BCUT2D eigenvalue weighted by Gasteiger charge is -2.29. The number of nitrogens with two attached hydrogens (primary N) is 1. The quantitative estimate of drug-likeness (QED) is 0.190. The van der Waals surface area contributed by atoms with Crippen LogP contribution in [0.2, 0.25) is 0 Å². The molecule has 164 valence electrons. The minimum Gasteiger partial charge on any atom is -0.481 e. The van der Waals surface area contributed by atoms with Crippen LogP contribution in [0, 0.1) is 11.2 Å². The summed E-state index contributed by atoms with van der Waals surface area (Å²) in [5.74, 6) is -2.97. The van der Waals surface area contributed by atoms with Crippen LogP contribution in [0.4, 0.5) is 10.1 Å². The molecule has 1 unspecified atom stereocenters. The van der Waals surface area contributed by atoms with Crippen molar-refractivity contribution in [2.45, 2.75) is 31.4 Å². The molecule has 1 atom stereocenters. The highest BCUT2D eigenvalue weighted by Crippen LogP contribution is 2.24. The maximum Gasteiger partial charge on any atom is 0.303 e. The molecule has 0 radical (unpaired) electrons. The van der Waals surface area contributed by atoms with E-state index in [2.05, 4.69) is 10.6 Å². The number of carboxylic acid groups (broad SMARTS) is 1. The van der Waals surface area contributed by atoms with Crippen LogP contribution in [0.5, 0.6) is 0 Å². The second-order valence-electron chi connectivity index (χ2n) is 6.85. The van der Waals surface area contributed by atoms with Gasteiger partial charge in [-0.05, 0) is 36.4 Å². The SMILES string of the molecule is N=C(N)c1ccc(NC(=O)CCC(=O)NC(O)(CCC(=O)O)c2ccc(F)cc2)cc1. The summed E-state index contributed by atoms with van der Waals surface area (Å²) in [4.78, 5) is 35.3. The highest BCUT2D eigenvalue weighted by atomic mass is 19.1. The zero-order valence-corrected chi connectivity index (χ0v) is 16.5. The van der Waals surface area contributed by atoms with Crippen molar-refractivity contribution in [1.82, 2.24) is 5.32 Å². The predicted molar refractivity (Wildman–Crippen MR) is 111 cm³/mol. The number of amides is 2. The molecule has 0 aromatic heterocycles. The van der Waals surface area contributed by atoms with E-state index in [4.69, 9.17) is 16.2 Å². The van der Waals surface area contributed by atoms with Gasteiger partial charge in [0.25, 0.3) is 0 Å². The van der Waals surface area contributed by atoms with Gasteiger partial charge in [-0.1, -0.05) is 12.1 Å². The Bertz CT molecular complexity index is 963. The van der Waals surface area contributed by atoms with Crippen molar-refractivity contribution in [3.8, 4) is 0 Å². The molecule has 0 bridgehead atoms. The third kappa shape index (κ3) is 7.19. The molecule has 2 rings (SSSR count). The van der Waals surface area contributed by atoms with Gasteiger partial charge in [0.15, 0.2) is 5.72 Å². The summed E-state index contributed by atoms with van der Waals surface area (Å²) in [5.41, 5.74) is 4.42. The molecule has 0 saturated heterocycles. The molecule has 0 aliphatic rings. The van der Waals surface area contributed by atoms with Gasteiger partial charge in [0.2, 0.25) is 11.8 Å². The van der Waals surface area contributed by atoms with E-state index in [0.29, 0.717) is 11.3 Å². The first-order valence-electron chi connectivity index (χ1n) is 9.34. The molecule has 7 N–H and O–H groups in total. The van der Waals surface area contributed by atoms with E-state index in [9.17, 15) is 23.9 Å². The molecular formula is C21H23FN4O5. The number of hydrogen-bond donors (Lipinski definition) is 6. The Labute approximate surface area is 177 Å². The maximum absolute atomic E-state index is 13.2. The third-order valence-corrected chi connectivity index (χ3v) is 4.43. The summed E-state index contributed by atoms with van der Waals surface area (Å²) in [6, 6.07) is 10.9. The van der Waals surface area contributed by atoms with Crippen molar-refractivity contribution in [3.63, 3.8) is 0 Å². The Hall–Kier alpha value is -3.79. The van der Waals surface area contributed by atoms with Crippen LogP contribution < -0.4 is 16.4 Å². The van der Waals surface area contributed by atoms with Gasteiger partial charge in [0.1, 0.15) is 11.7 Å². The molecule has 0 fully saturated rings. The summed E-state index contributed by atoms with van der Waals surface area (Å²) in [5, 5.41) is 32.0. The fourth-order valence-corrected chi connectivity index (χ4v) is 2.77. The molecule has 0 aliphatic carbocycles. The zero-order valence-electron chi connectivity index (χ0n) is 16.5. The van der Waals surface area contributed by atoms with E-state index in [-0.39, 0.29) is 30.7 Å². The predicted octanol–water partition coefficient (Wildman–Crippen LogP) is 1.65. The number of carbonyl (C=O) groups is 3. The average molecular weight is 430 g/mol. The molecular weight excluding hydrogens is 407 g/mol. The molecule has 10 heteroatoms. The summed E-state index contributed by atoms with van der Waals surface area (Å²) in [7, 11) is 0. The van der Waals surface area contributed by atoms with E-state index in [1.807, 2.05) is 0 Å². The number of nitrogens with one attached hydrogen (secondary N) is 3. The van der Waals surface area contributed by atoms with Crippen LogP contribution in [-0.4, -0.2) is 33.8 Å². The Morgan fingerprint density at radius 2 is 1.55 bits per heavy atom. The van der Waals surface area contributed by atoms with E-state index in [1.165, 1.54) is 12.1 Å². The summed E-state index contributed by atoms with van der Waals surface area (Å²) < 4.78 is 13.2. The van der Waals surface area contributed by atoms with Gasteiger partial charge >= 0.3 is 5.97 Å². The number of nitrogen functional groups attached to an aromatic ring is 1. The average Bonchev–Trinajstić information content (AvgIpc) is 2.71. The van der Waals surface area contributed by atoms with E-state index in [0.717, 1.165) is 12.1 Å². The summed E-state index contributed by atoms with van der Waals surface area (Å²) in [6.45, 7) is 0. The number of anilines is 1. The van der Waals surface area contributed by atoms with Crippen LogP contribution >= 0.6 is 0 Å². The molecule has 0 saturated carbocycles. The number of benzene rings is 2. The van der Waals surface area contributed by atoms with Gasteiger partial charge in [0.05, 0.1) is 6.42 Å². The van der Waals surface area contributed by atoms with Gasteiger partial charge in [-0.15, -0.1) is 0 Å². The lowest BCUT2D eigenvalue weighted by Crippen LogP contribution is -2.46. The van der Waals surface area contributed by atoms with E-state index in [1.54, 1.807) is 24.3 Å². The van der Waals surface area contributed by atoms with Crippen molar-refractivity contribution in [1.29, 1.82) is 5.41 Å². The number of rotatable bonds is 10. The largest absolute Gasteiger partial charge is 0.481 e. The first kappa shape index (κ1) is 23.5. The summed E-state index contributed by atoms with van der Waals surface area (Å²) >= 11 is 0. The van der Waals surface area contributed by atoms with Gasteiger partial charge in [0, 0.05) is 36.1 Å². The minimum atomic E-state index is -2.03. The first-order valence-corrected chi connectivity index (χ1v) is 9.34. The standard InChI is InChI=1S/C21H23FN4O5/c22-15-5-3-14(4-6-15)21(31,12-11-19(29)30)26-18(28)10-9-17(27)25-16-7-1-13(2-8-16)20(23)24/h1-8,31H,9-12H2,(H3,23,24)(H,25,27)(H,26,28)(H,29,30). The van der Waals surface area contributed by atoms with Crippen molar-refractivity contribution in [2.24, 2.45) is 5.73 Å². The van der Waals surface area contributed by atoms with Crippen LogP contribution in [0.25, 0.3) is 0 Å². The molecule has 2 aromatic rings. The molecule has 0 aliphatic heterocycles.